The summed E-state index contributed by atoms with van der Waals surface area (Å²) in [6.07, 6.45) is 1.90. The van der Waals surface area contributed by atoms with Crippen LogP contribution in [0.15, 0.2) is 182 Å². The molecule has 0 atom stereocenters. The zero-order valence-corrected chi connectivity index (χ0v) is 36.7. The van der Waals surface area contributed by atoms with Crippen LogP contribution in [0.2, 0.25) is 0 Å². The second-order valence-corrected chi connectivity index (χ2v) is 16.8. The average molecular weight is 960 g/mol. The number of phenolic OH excluding ortho intramolecular Hbond substituents is 1. The van der Waals surface area contributed by atoms with E-state index in [9.17, 15) is 5.11 Å². The van der Waals surface area contributed by atoms with Gasteiger partial charge in [0.15, 0.2) is 0 Å². The smallest absolute Gasteiger partial charge is 0.148 e. The van der Waals surface area contributed by atoms with Crippen LogP contribution in [-0.4, -0.2) is 19.6 Å². The Morgan fingerprint density at radius 2 is 1.13 bits per heavy atom. The molecule has 0 aliphatic carbocycles. The molecule has 0 spiro atoms. The summed E-state index contributed by atoms with van der Waals surface area (Å²) in [6.45, 7) is 11.3. The number of hydrogen-bond acceptors (Lipinski definition) is 3. The first kappa shape index (κ1) is 40.4. The third-order valence-corrected chi connectivity index (χ3v) is 11.6. The molecule has 1 N–H and O–H groups in total. The maximum Gasteiger partial charge on any atom is 0.148 e. The molecule has 0 saturated heterocycles. The van der Waals surface area contributed by atoms with Gasteiger partial charge in [0.25, 0.3) is 0 Å². The number of imidazole rings is 1. The molecular formula is C55H46N3OPt-. The minimum atomic E-state index is -0.152. The van der Waals surface area contributed by atoms with Crippen molar-refractivity contribution in [2.45, 2.75) is 45.4 Å². The fraction of sp³-hybridized carbons (Fsp3) is 0.127. The van der Waals surface area contributed by atoms with E-state index >= 15 is 0 Å². The first-order valence-electron chi connectivity index (χ1n) is 20.2. The number of aromatic hydroxyl groups is 1. The Hall–Kier alpha value is -6.35. The maximum atomic E-state index is 11.3. The third-order valence-electron chi connectivity index (χ3n) is 11.6. The van der Waals surface area contributed by atoms with Crippen molar-refractivity contribution in [2.24, 2.45) is 0 Å². The molecule has 0 radical (unpaired) electrons. The van der Waals surface area contributed by atoms with Crippen molar-refractivity contribution < 1.29 is 26.2 Å². The van der Waals surface area contributed by atoms with Crippen molar-refractivity contribution in [3.05, 3.63) is 205 Å². The van der Waals surface area contributed by atoms with Gasteiger partial charge in [-0.1, -0.05) is 179 Å². The van der Waals surface area contributed by atoms with Gasteiger partial charge in [0, 0.05) is 43.9 Å². The zero-order chi connectivity index (χ0) is 40.7. The molecule has 2 heterocycles. The van der Waals surface area contributed by atoms with Crippen molar-refractivity contribution in [1.29, 1.82) is 0 Å². The van der Waals surface area contributed by atoms with Crippen molar-refractivity contribution in [3.8, 4) is 67.5 Å². The monoisotopic (exact) mass is 959 g/mol. The summed E-state index contributed by atoms with van der Waals surface area (Å²) >= 11 is 0. The summed E-state index contributed by atoms with van der Waals surface area (Å²) in [4.78, 5) is 10.3. The van der Waals surface area contributed by atoms with Gasteiger partial charge in [-0.15, -0.1) is 29.3 Å². The predicted octanol–water partition coefficient (Wildman–Crippen LogP) is 13.9. The summed E-state index contributed by atoms with van der Waals surface area (Å²) in [7, 11) is 0. The first-order chi connectivity index (χ1) is 28.6. The van der Waals surface area contributed by atoms with E-state index in [-0.39, 0.29) is 37.6 Å². The van der Waals surface area contributed by atoms with Gasteiger partial charge < -0.3 is 5.11 Å². The van der Waals surface area contributed by atoms with E-state index in [2.05, 4.69) is 191 Å². The second-order valence-electron chi connectivity index (χ2n) is 16.8. The van der Waals surface area contributed by atoms with Gasteiger partial charge in [-0.3, -0.25) is 9.55 Å². The largest absolute Gasteiger partial charge is 0.507 e. The van der Waals surface area contributed by atoms with E-state index in [0.717, 1.165) is 61.4 Å². The quantitative estimate of drug-likeness (QED) is 0.154. The van der Waals surface area contributed by atoms with Gasteiger partial charge in [-0.25, -0.2) is 4.98 Å². The van der Waals surface area contributed by atoms with Crippen LogP contribution in [0.1, 0.15) is 51.3 Å². The molecule has 0 bridgehead atoms. The Morgan fingerprint density at radius 3 is 1.85 bits per heavy atom. The molecule has 4 nitrogen and oxygen atoms in total. The normalized spacial score (nSPS) is 11.7. The van der Waals surface area contributed by atoms with Gasteiger partial charge in [0.05, 0.1) is 22.3 Å². The van der Waals surface area contributed by atoms with Gasteiger partial charge in [0.2, 0.25) is 0 Å². The topological polar surface area (TPSA) is 50.9 Å². The Labute approximate surface area is 367 Å². The summed E-state index contributed by atoms with van der Waals surface area (Å²) in [5.41, 5.74) is 14.9. The fourth-order valence-corrected chi connectivity index (χ4v) is 8.08. The number of nitrogens with zero attached hydrogens (tertiary/aromatic N) is 3. The number of fused-ring (bicyclic) bond motifs is 1. The van der Waals surface area contributed by atoms with Crippen molar-refractivity contribution >= 4 is 11.0 Å². The fourth-order valence-electron chi connectivity index (χ4n) is 8.08. The van der Waals surface area contributed by atoms with E-state index in [1.807, 2.05) is 30.5 Å². The number of para-hydroxylation sites is 3. The van der Waals surface area contributed by atoms with E-state index in [1.165, 1.54) is 16.7 Å². The number of hydrogen-bond donors (Lipinski definition) is 1. The SMILES string of the molecule is CC(C)(C)c1cc(-c2cc(-c3ccc(C(C)(C)c4ccccc4)cc3)ccn2)[c-]c(-c2cccc3c2nc(-c2ccccc2O)n3-c2ccccc2-c2ccccc2)c1.[Pt]. The van der Waals surface area contributed by atoms with Gasteiger partial charge in [-0.2, -0.15) is 0 Å². The Bertz CT molecular complexity index is 2940. The van der Waals surface area contributed by atoms with Gasteiger partial charge >= 0.3 is 0 Å². The summed E-state index contributed by atoms with van der Waals surface area (Å²) in [5, 5.41) is 11.3. The molecular weight excluding hydrogens is 914 g/mol. The molecule has 9 rings (SSSR count). The Balaban J connectivity index is 0.00000499. The molecule has 7 aromatic carbocycles. The van der Waals surface area contributed by atoms with E-state index < -0.39 is 0 Å². The summed E-state index contributed by atoms with van der Waals surface area (Å²) in [5.74, 6) is 0.834. The van der Waals surface area contributed by atoms with E-state index in [4.69, 9.17) is 9.97 Å². The van der Waals surface area contributed by atoms with Crippen LogP contribution >= 0.6 is 0 Å². The maximum absolute atomic E-state index is 11.3. The molecule has 0 saturated carbocycles. The van der Waals surface area contributed by atoms with Gasteiger partial charge in [-0.05, 0) is 63.6 Å². The molecule has 0 fully saturated rings. The van der Waals surface area contributed by atoms with Crippen LogP contribution in [0.25, 0.3) is 72.7 Å². The Kier molecular flexibility index (Phi) is 11.0. The average Bonchev–Trinajstić information content (AvgIpc) is 3.66. The first-order valence-corrected chi connectivity index (χ1v) is 20.2. The van der Waals surface area contributed by atoms with Crippen molar-refractivity contribution in [3.63, 3.8) is 0 Å². The molecule has 0 aliphatic rings. The van der Waals surface area contributed by atoms with Crippen LogP contribution < -0.4 is 0 Å². The number of phenols is 1. The molecule has 2 aromatic heterocycles. The number of benzene rings is 7. The summed E-state index contributed by atoms with van der Waals surface area (Å²) in [6, 6.07) is 64.7. The predicted molar refractivity (Wildman–Crippen MR) is 244 cm³/mol. The molecule has 298 valence electrons. The molecule has 0 unspecified atom stereocenters. The number of rotatable bonds is 8. The number of aromatic nitrogens is 3. The standard InChI is InChI=1S/C55H46N3O.Pt/c1-54(2,3)44-34-40(33-41(35-44)48-36-39(31-32-56-48)37-27-29-43(30-28-37)55(4,5)42-19-10-7-11-20-42)46-23-16-25-50-52(46)57-53(47-22-13-15-26-51(47)59)58(50)49-24-14-12-21-45(49)38-17-8-6-9-18-38;/h6-32,34-36,59H,1-5H3;/q-1;. The van der Waals surface area contributed by atoms with Crippen molar-refractivity contribution in [2.75, 3.05) is 0 Å². The van der Waals surface area contributed by atoms with Gasteiger partial charge in [0.1, 0.15) is 11.6 Å². The Morgan fingerprint density at radius 1 is 0.517 bits per heavy atom. The van der Waals surface area contributed by atoms with Crippen LogP contribution in [0.4, 0.5) is 0 Å². The second kappa shape index (κ2) is 16.4. The molecule has 60 heavy (non-hydrogen) atoms. The molecule has 0 aliphatic heterocycles. The van der Waals surface area contributed by atoms with Crippen LogP contribution in [0.5, 0.6) is 5.75 Å². The zero-order valence-electron chi connectivity index (χ0n) is 34.4. The number of pyridine rings is 1. The minimum absolute atomic E-state index is 0. The van der Waals surface area contributed by atoms with E-state index in [1.54, 1.807) is 6.07 Å². The molecule has 0 amide bonds. The molecule has 9 aromatic rings. The molecule has 5 heteroatoms. The van der Waals surface area contributed by atoms with Crippen LogP contribution in [-0.2, 0) is 31.9 Å². The minimum Gasteiger partial charge on any atom is -0.507 e. The van der Waals surface area contributed by atoms with E-state index in [0.29, 0.717) is 11.4 Å². The summed E-state index contributed by atoms with van der Waals surface area (Å²) < 4.78 is 2.18. The van der Waals surface area contributed by atoms with Crippen LogP contribution in [0.3, 0.4) is 0 Å². The third kappa shape index (κ3) is 7.64. The van der Waals surface area contributed by atoms with Crippen molar-refractivity contribution in [1.82, 2.24) is 14.5 Å². The van der Waals surface area contributed by atoms with Crippen LogP contribution in [0, 0.1) is 6.07 Å².